The third-order valence-electron chi connectivity index (χ3n) is 2.58. The van der Waals surface area contributed by atoms with Crippen LogP contribution in [0.25, 0.3) is 0 Å². The van der Waals surface area contributed by atoms with Crippen molar-refractivity contribution in [1.29, 1.82) is 0 Å². The highest BCUT2D eigenvalue weighted by molar-refractivity contribution is 6.26. The summed E-state index contributed by atoms with van der Waals surface area (Å²) in [5.41, 5.74) is 0. The fraction of sp³-hybridized carbons (Fsp3) is 1.00. The molecule has 0 aliphatic heterocycles. The molecule has 15 heavy (non-hydrogen) atoms. The van der Waals surface area contributed by atoms with E-state index in [1.54, 1.807) is 0 Å². The maximum atomic E-state index is 5.59. The number of hydrogen-bond acceptors (Lipinski definition) is 1. The van der Waals surface area contributed by atoms with Crippen LogP contribution in [0.1, 0.15) is 71.6 Å². The molecule has 0 saturated carbocycles. The molecule has 0 aromatic carbocycles. The number of hydrogen-bond donors (Lipinski definition) is 0. The Morgan fingerprint density at radius 3 is 2.00 bits per heavy atom. The highest BCUT2D eigenvalue weighted by Gasteiger charge is 1.93. The van der Waals surface area contributed by atoms with Crippen molar-refractivity contribution in [2.24, 2.45) is 0 Å². The van der Waals surface area contributed by atoms with Crippen LogP contribution in [0.5, 0.6) is 0 Å². The van der Waals surface area contributed by atoms with Crippen molar-refractivity contribution in [2.75, 3.05) is 6.61 Å². The first-order valence-electron chi connectivity index (χ1n) is 6.76. The van der Waals surface area contributed by atoms with Gasteiger partial charge in [0.05, 0.1) is 0 Å². The van der Waals surface area contributed by atoms with Gasteiger partial charge < -0.3 is 4.43 Å². The molecular weight excluding hydrogens is 200 g/mol. The largest absolute Gasteiger partial charge is 0.417 e. The zero-order valence-corrected chi connectivity index (χ0v) is 11.7. The van der Waals surface area contributed by atoms with Crippen LogP contribution < -0.4 is 0 Å². The topological polar surface area (TPSA) is 9.23 Å². The predicted molar refractivity (Wildman–Crippen MR) is 69.4 cm³/mol. The molecule has 0 bridgehead atoms. The Kier molecular flexibility index (Phi) is 14.3. The summed E-state index contributed by atoms with van der Waals surface area (Å²) in [5, 5.41) is 0. The van der Waals surface area contributed by atoms with Gasteiger partial charge in [0.2, 0.25) is 9.76 Å². The molecule has 90 valence electrons. The van der Waals surface area contributed by atoms with E-state index in [2.05, 4.69) is 13.8 Å². The maximum Gasteiger partial charge on any atom is 0.229 e. The van der Waals surface area contributed by atoms with E-state index >= 15 is 0 Å². The molecule has 0 fully saturated rings. The van der Waals surface area contributed by atoms with Crippen LogP contribution in [0.3, 0.4) is 0 Å². The summed E-state index contributed by atoms with van der Waals surface area (Å²) in [5.74, 6) is 0. The smallest absolute Gasteiger partial charge is 0.229 e. The van der Waals surface area contributed by atoms with Crippen LogP contribution in [-0.2, 0) is 4.43 Å². The van der Waals surface area contributed by atoms with Gasteiger partial charge in [0.15, 0.2) is 0 Å². The van der Waals surface area contributed by atoms with Gasteiger partial charge in [-0.05, 0) is 12.5 Å². The minimum Gasteiger partial charge on any atom is -0.417 e. The molecule has 0 unspecified atom stereocenters. The third-order valence-corrected chi connectivity index (χ3v) is 3.55. The first-order valence-corrected chi connectivity index (χ1v) is 7.88. The van der Waals surface area contributed by atoms with E-state index in [4.69, 9.17) is 4.43 Å². The van der Waals surface area contributed by atoms with Crippen molar-refractivity contribution >= 4 is 9.76 Å². The fourth-order valence-electron chi connectivity index (χ4n) is 1.52. The van der Waals surface area contributed by atoms with E-state index in [-0.39, 0.29) is 0 Å². The molecule has 2 heteroatoms. The van der Waals surface area contributed by atoms with Crippen LogP contribution in [0.15, 0.2) is 0 Å². The second-order valence-corrected chi connectivity index (χ2v) is 5.30. The molecule has 2 radical (unpaired) electrons. The molecule has 0 saturated heterocycles. The van der Waals surface area contributed by atoms with Gasteiger partial charge in [0.25, 0.3) is 0 Å². The molecular formula is C13H28OSi. The highest BCUT2D eigenvalue weighted by Crippen LogP contribution is 2.06. The van der Waals surface area contributed by atoms with E-state index in [9.17, 15) is 0 Å². The zero-order chi connectivity index (χ0) is 11.2. The van der Waals surface area contributed by atoms with Crippen LogP contribution in [0, 0.1) is 0 Å². The monoisotopic (exact) mass is 228 g/mol. The molecule has 0 amide bonds. The van der Waals surface area contributed by atoms with Gasteiger partial charge in [0, 0.05) is 6.61 Å². The van der Waals surface area contributed by atoms with Crippen molar-refractivity contribution in [3.63, 3.8) is 0 Å². The SMILES string of the molecule is CCCCCCCCCO[Si]CCCC. The minimum absolute atomic E-state index is 0.751. The lowest BCUT2D eigenvalue weighted by Gasteiger charge is -2.02. The minimum atomic E-state index is 0.751. The Hall–Kier alpha value is 0.177. The molecule has 0 aromatic rings. The second-order valence-electron chi connectivity index (χ2n) is 4.22. The van der Waals surface area contributed by atoms with Crippen LogP contribution in [0.4, 0.5) is 0 Å². The third kappa shape index (κ3) is 14.2. The van der Waals surface area contributed by atoms with Crippen LogP contribution in [-0.4, -0.2) is 16.4 Å². The van der Waals surface area contributed by atoms with E-state index in [0.717, 1.165) is 16.4 Å². The van der Waals surface area contributed by atoms with Crippen molar-refractivity contribution in [3.05, 3.63) is 0 Å². The first kappa shape index (κ1) is 15.2. The van der Waals surface area contributed by atoms with Gasteiger partial charge in [-0.2, -0.15) is 0 Å². The van der Waals surface area contributed by atoms with Crippen molar-refractivity contribution in [2.45, 2.75) is 77.7 Å². The number of unbranched alkanes of at least 4 members (excludes halogenated alkanes) is 7. The molecule has 1 nitrogen and oxygen atoms in total. The molecule has 0 aliphatic carbocycles. The fourth-order valence-corrected chi connectivity index (χ4v) is 2.46. The molecule has 0 aliphatic rings. The molecule has 0 spiro atoms. The van der Waals surface area contributed by atoms with Crippen LogP contribution >= 0.6 is 0 Å². The van der Waals surface area contributed by atoms with Crippen molar-refractivity contribution in [3.8, 4) is 0 Å². The van der Waals surface area contributed by atoms with E-state index in [1.165, 1.54) is 63.8 Å². The summed E-state index contributed by atoms with van der Waals surface area (Å²) >= 11 is 0. The zero-order valence-electron chi connectivity index (χ0n) is 10.7. The number of rotatable bonds is 12. The Morgan fingerprint density at radius 2 is 1.33 bits per heavy atom. The second kappa shape index (κ2) is 14.2. The standard InChI is InChI=1S/C13H28OSi/c1-3-5-7-8-9-10-11-12-14-15-13-6-4-2/h3-13H2,1-2H3. The van der Waals surface area contributed by atoms with Crippen molar-refractivity contribution < 1.29 is 4.43 Å². The molecule has 0 heterocycles. The lowest BCUT2D eigenvalue weighted by Crippen LogP contribution is -2.00. The van der Waals surface area contributed by atoms with Crippen LogP contribution in [0.2, 0.25) is 6.04 Å². The summed E-state index contributed by atoms with van der Waals surface area (Å²) < 4.78 is 5.59. The summed E-state index contributed by atoms with van der Waals surface area (Å²) in [7, 11) is 0.751. The molecule has 0 aromatic heterocycles. The Morgan fingerprint density at radius 1 is 0.733 bits per heavy atom. The van der Waals surface area contributed by atoms with Gasteiger partial charge in [-0.25, -0.2) is 0 Å². The average molecular weight is 228 g/mol. The lowest BCUT2D eigenvalue weighted by molar-refractivity contribution is 0.319. The van der Waals surface area contributed by atoms with Crippen molar-refractivity contribution in [1.82, 2.24) is 0 Å². The van der Waals surface area contributed by atoms with Gasteiger partial charge >= 0.3 is 0 Å². The van der Waals surface area contributed by atoms with Gasteiger partial charge in [0.1, 0.15) is 0 Å². The maximum absolute atomic E-state index is 5.59. The molecule has 0 atom stereocenters. The summed E-state index contributed by atoms with van der Waals surface area (Å²) in [6.07, 6.45) is 12.3. The normalized spacial score (nSPS) is 10.8. The summed E-state index contributed by atoms with van der Waals surface area (Å²) in [6, 6.07) is 1.27. The molecule has 0 rings (SSSR count). The summed E-state index contributed by atoms with van der Waals surface area (Å²) in [6.45, 7) is 5.50. The van der Waals surface area contributed by atoms with Gasteiger partial charge in [-0.15, -0.1) is 0 Å². The lowest BCUT2D eigenvalue weighted by atomic mass is 10.1. The Bertz CT molecular complexity index is 94.7. The quantitative estimate of drug-likeness (QED) is 0.351. The van der Waals surface area contributed by atoms with Gasteiger partial charge in [-0.3, -0.25) is 0 Å². The first-order chi connectivity index (χ1) is 7.41. The highest BCUT2D eigenvalue weighted by atomic mass is 28.2. The Balaban J connectivity index is 2.81. The Labute approximate surface area is 98.9 Å². The van der Waals surface area contributed by atoms with E-state index in [1.807, 2.05) is 0 Å². The average Bonchev–Trinajstić information content (AvgIpc) is 2.26. The van der Waals surface area contributed by atoms with Gasteiger partial charge in [-0.1, -0.05) is 65.2 Å². The van der Waals surface area contributed by atoms with E-state index < -0.39 is 0 Å². The van der Waals surface area contributed by atoms with E-state index in [0.29, 0.717) is 0 Å². The predicted octanol–water partition coefficient (Wildman–Crippen LogP) is 4.59. The summed E-state index contributed by atoms with van der Waals surface area (Å²) in [4.78, 5) is 0. The molecule has 0 N–H and O–H groups in total.